The van der Waals surface area contributed by atoms with Crippen molar-refractivity contribution in [1.29, 1.82) is 0 Å². The third kappa shape index (κ3) is 4.47. The molecule has 0 fully saturated rings. The zero-order chi connectivity index (χ0) is 20.2. The lowest BCUT2D eigenvalue weighted by Gasteiger charge is -2.09. The van der Waals surface area contributed by atoms with Gasteiger partial charge in [-0.3, -0.25) is 4.79 Å². The largest absolute Gasteiger partial charge is 0.334 e. The fourth-order valence-corrected chi connectivity index (χ4v) is 3.12. The Kier molecular flexibility index (Phi) is 5.60. The van der Waals surface area contributed by atoms with Gasteiger partial charge in [0.15, 0.2) is 5.82 Å². The van der Waals surface area contributed by atoms with Crippen LogP contribution in [0.1, 0.15) is 21.7 Å². The highest BCUT2D eigenvalue weighted by Crippen LogP contribution is 2.28. The molecule has 0 saturated heterocycles. The van der Waals surface area contributed by atoms with E-state index in [4.69, 9.17) is 27.7 Å². The Balaban J connectivity index is 1.57. The first-order valence-corrected chi connectivity index (χ1v) is 9.58. The van der Waals surface area contributed by atoms with Crippen LogP contribution in [-0.2, 0) is 6.42 Å². The minimum atomic E-state index is -0.319. The quantitative estimate of drug-likeness (QED) is 0.434. The van der Waals surface area contributed by atoms with Crippen LogP contribution in [0.4, 0.5) is 5.69 Å². The second kappa shape index (κ2) is 8.47. The van der Waals surface area contributed by atoms with Crippen molar-refractivity contribution in [3.63, 3.8) is 0 Å². The molecule has 0 bridgehead atoms. The molecular formula is C22H15Cl2N3O2. The molecule has 1 aromatic heterocycles. The fourth-order valence-electron chi connectivity index (χ4n) is 2.82. The zero-order valence-electron chi connectivity index (χ0n) is 15.1. The van der Waals surface area contributed by atoms with Crippen LogP contribution >= 0.6 is 23.2 Å². The summed E-state index contributed by atoms with van der Waals surface area (Å²) in [4.78, 5) is 17.1. The number of nitrogens with zero attached hydrogens (tertiary/aromatic N) is 2. The topological polar surface area (TPSA) is 68.0 Å². The Morgan fingerprint density at radius 2 is 1.69 bits per heavy atom. The summed E-state index contributed by atoms with van der Waals surface area (Å²) < 4.78 is 5.43. The zero-order valence-corrected chi connectivity index (χ0v) is 16.6. The summed E-state index contributed by atoms with van der Waals surface area (Å²) in [6, 6.07) is 21.8. The van der Waals surface area contributed by atoms with Gasteiger partial charge in [-0.2, -0.15) is 4.98 Å². The van der Waals surface area contributed by atoms with Crippen molar-refractivity contribution in [2.75, 3.05) is 5.32 Å². The van der Waals surface area contributed by atoms with Crippen molar-refractivity contribution in [3.05, 3.63) is 99.8 Å². The van der Waals surface area contributed by atoms with Gasteiger partial charge in [-0.25, -0.2) is 0 Å². The maximum atomic E-state index is 12.6. The summed E-state index contributed by atoms with van der Waals surface area (Å²) in [5, 5.41) is 7.62. The third-order valence-electron chi connectivity index (χ3n) is 4.26. The van der Waals surface area contributed by atoms with Gasteiger partial charge in [-0.15, -0.1) is 0 Å². The number of hydrogen-bond acceptors (Lipinski definition) is 4. The lowest BCUT2D eigenvalue weighted by Crippen LogP contribution is -2.12. The van der Waals surface area contributed by atoms with Gasteiger partial charge in [0.2, 0.25) is 0 Å². The Morgan fingerprint density at radius 1 is 0.931 bits per heavy atom. The number of halogens is 2. The maximum Gasteiger partial charge on any atom is 0.260 e. The molecule has 3 aromatic carbocycles. The molecule has 7 heteroatoms. The van der Waals surface area contributed by atoms with Crippen molar-refractivity contribution in [1.82, 2.24) is 10.1 Å². The molecule has 0 radical (unpaired) electrons. The molecule has 29 heavy (non-hydrogen) atoms. The molecule has 1 amide bonds. The number of aromatic nitrogens is 2. The van der Waals surface area contributed by atoms with Crippen molar-refractivity contribution >= 4 is 34.8 Å². The van der Waals surface area contributed by atoms with Crippen molar-refractivity contribution in [3.8, 4) is 11.5 Å². The molecule has 1 N–H and O–H groups in total. The highest BCUT2D eigenvalue weighted by molar-refractivity contribution is 6.42. The third-order valence-corrected chi connectivity index (χ3v) is 5.00. The minimum absolute atomic E-state index is 0.315. The summed E-state index contributed by atoms with van der Waals surface area (Å²) in [5.74, 6) is 0.581. The first-order valence-electron chi connectivity index (χ1n) is 8.82. The number of rotatable bonds is 5. The summed E-state index contributed by atoms with van der Waals surface area (Å²) in [7, 11) is 0. The van der Waals surface area contributed by atoms with Gasteiger partial charge in [0.05, 0.1) is 21.3 Å². The van der Waals surface area contributed by atoms with E-state index < -0.39 is 0 Å². The highest BCUT2D eigenvalue weighted by atomic mass is 35.5. The smallest absolute Gasteiger partial charge is 0.260 e. The van der Waals surface area contributed by atoms with Gasteiger partial charge in [-0.05, 0) is 35.9 Å². The molecule has 0 saturated carbocycles. The Hall–Kier alpha value is -3.15. The van der Waals surface area contributed by atoms with E-state index in [1.165, 1.54) is 6.07 Å². The van der Waals surface area contributed by atoms with E-state index in [1.54, 1.807) is 18.2 Å². The van der Waals surface area contributed by atoms with E-state index in [9.17, 15) is 4.79 Å². The van der Waals surface area contributed by atoms with Crippen LogP contribution in [-0.4, -0.2) is 16.0 Å². The average Bonchev–Trinajstić information content (AvgIpc) is 3.19. The van der Waals surface area contributed by atoms with E-state index in [1.807, 2.05) is 48.5 Å². The number of anilines is 1. The number of carbonyl (C=O) groups is 1. The lowest BCUT2D eigenvalue weighted by molar-refractivity contribution is 0.102. The normalized spacial score (nSPS) is 10.7. The first-order chi connectivity index (χ1) is 14.1. The Labute approximate surface area is 177 Å². The summed E-state index contributed by atoms with van der Waals surface area (Å²) in [6.45, 7) is 0. The van der Waals surface area contributed by atoms with Crippen molar-refractivity contribution in [2.24, 2.45) is 0 Å². The molecule has 0 unspecified atom stereocenters. The molecule has 0 aliphatic heterocycles. The lowest BCUT2D eigenvalue weighted by atomic mass is 10.1. The van der Waals surface area contributed by atoms with Gasteiger partial charge in [-0.1, -0.05) is 70.8 Å². The summed E-state index contributed by atoms with van der Waals surface area (Å²) in [6.07, 6.45) is 0.558. The molecule has 1 heterocycles. The molecule has 0 spiro atoms. The molecule has 4 rings (SSSR count). The number of benzene rings is 3. The molecule has 144 valence electrons. The summed E-state index contributed by atoms with van der Waals surface area (Å²) >= 11 is 11.9. The standard InChI is InChI=1S/C22H15Cl2N3O2/c23-17-11-10-15(13-18(17)24)21(28)25-19-9-5-4-8-16(19)22-26-20(27-29-22)12-14-6-2-1-3-7-14/h1-11,13H,12H2,(H,25,28). The minimum Gasteiger partial charge on any atom is -0.334 e. The summed E-state index contributed by atoms with van der Waals surface area (Å²) in [5.41, 5.74) is 2.66. The van der Waals surface area contributed by atoms with Gasteiger partial charge < -0.3 is 9.84 Å². The van der Waals surface area contributed by atoms with E-state index in [-0.39, 0.29) is 5.91 Å². The van der Waals surface area contributed by atoms with Gasteiger partial charge in [0.25, 0.3) is 11.8 Å². The number of nitrogens with one attached hydrogen (secondary N) is 1. The van der Waals surface area contributed by atoms with Crippen LogP contribution in [0.25, 0.3) is 11.5 Å². The molecule has 0 aliphatic rings. The second-order valence-corrected chi connectivity index (χ2v) is 7.12. The first kappa shape index (κ1) is 19.2. The van der Waals surface area contributed by atoms with E-state index in [0.29, 0.717) is 45.0 Å². The molecule has 0 atom stereocenters. The van der Waals surface area contributed by atoms with Gasteiger partial charge in [0, 0.05) is 12.0 Å². The van der Waals surface area contributed by atoms with E-state index in [0.717, 1.165) is 5.56 Å². The number of para-hydroxylation sites is 1. The van der Waals surface area contributed by atoms with Gasteiger partial charge >= 0.3 is 0 Å². The molecule has 4 aromatic rings. The Morgan fingerprint density at radius 3 is 2.48 bits per heavy atom. The van der Waals surface area contributed by atoms with E-state index in [2.05, 4.69) is 15.5 Å². The van der Waals surface area contributed by atoms with Crippen LogP contribution in [0.5, 0.6) is 0 Å². The SMILES string of the molecule is O=C(Nc1ccccc1-c1nc(Cc2ccccc2)no1)c1ccc(Cl)c(Cl)c1. The fraction of sp³-hybridized carbons (Fsp3) is 0.0455. The second-order valence-electron chi connectivity index (χ2n) is 6.31. The van der Waals surface area contributed by atoms with Crippen molar-refractivity contribution < 1.29 is 9.32 Å². The van der Waals surface area contributed by atoms with Crippen LogP contribution in [0.2, 0.25) is 10.0 Å². The van der Waals surface area contributed by atoms with Crippen LogP contribution < -0.4 is 5.32 Å². The maximum absolute atomic E-state index is 12.6. The number of amides is 1. The van der Waals surface area contributed by atoms with E-state index >= 15 is 0 Å². The molecule has 5 nitrogen and oxygen atoms in total. The molecule has 0 aliphatic carbocycles. The average molecular weight is 424 g/mol. The van der Waals surface area contributed by atoms with Gasteiger partial charge in [0.1, 0.15) is 0 Å². The number of carbonyl (C=O) groups excluding carboxylic acids is 1. The van der Waals surface area contributed by atoms with Crippen LogP contribution in [0, 0.1) is 0 Å². The van der Waals surface area contributed by atoms with Crippen molar-refractivity contribution in [2.45, 2.75) is 6.42 Å². The molecular weight excluding hydrogens is 409 g/mol. The predicted molar refractivity (Wildman–Crippen MR) is 113 cm³/mol. The number of hydrogen-bond donors (Lipinski definition) is 1. The highest BCUT2D eigenvalue weighted by Gasteiger charge is 2.16. The Bertz CT molecular complexity index is 1160. The predicted octanol–water partition coefficient (Wildman–Crippen LogP) is 5.89. The van der Waals surface area contributed by atoms with Crippen LogP contribution in [0.3, 0.4) is 0 Å². The van der Waals surface area contributed by atoms with Crippen LogP contribution in [0.15, 0.2) is 77.3 Å². The monoisotopic (exact) mass is 423 g/mol.